The predicted molar refractivity (Wildman–Crippen MR) is 69.5 cm³/mol. The van der Waals surface area contributed by atoms with Crippen LogP contribution >= 0.6 is 0 Å². The largest absolute Gasteiger partial charge is 0.463 e. The molecule has 0 amide bonds. The Balaban J connectivity index is 2.36. The number of nitrogens with zero attached hydrogens (tertiary/aromatic N) is 1. The number of ether oxygens (including phenoxy) is 1. The molecular formula is C14H19NO4. The molecule has 0 saturated carbocycles. The van der Waals surface area contributed by atoms with Crippen molar-refractivity contribution >= 4 is 11.8 Å². The number of Topliss-reactive ketones (excluding diaryl/α,β-unsaturated/α-hetero) is 1. The number of methoxy groups -OCH3 is 1. The van der Waals surface area contributed by atoms with E-state index in [1.807, 2.05) is 19.0 Å². The maximum Gasteiger partial charge on any atom is 0.374 e. The zero-order valence-corrected chi connectivity index (χ0v) is 11.8. The Morgan fingerprint density at radius 1 is 1.47 bits per heavy atom. The molecule has 1 aromatic heterocycles. The van der Waals surface area contributed by atoms with Gasteiger partial charge >= 0.3 is 5.97 Å². The van der Waals surface area contributed by atoms with E-state index in [1.54, 1.807) is 6.92 Å². The van der Waals surface area contributed by atoms with Gasteiger partial charge in [-0.25, -0.2) is 4.79 Å². The summed E-state index contributed by atoms with van der Waals surface area (Å²) in [6.07, 6.45) is 1.45. The van der Waals surface area contributed by atoms with E-state index in [-0.39, 0.29) is 17.5 Å². The minimum atomic E-state index is -0.524. The fraction of sp³-hybridized carbons (Fsp3) is 0.571. The van der Waals surface area contributed by atoms with Crippen molar-refractivity contribution in [2.75, 3.05) is 27.7 Å². The van der Waals surface area contributed by atoms with Gasteiger partial charge in [-0.15, -0.1) is 0 Å². The molecule has 0 fully saturated rings. The van der Waals surface area contributed by atoms with E-state index in [1.165, 1.54) is 7.11 Å². The summed E-state index contributed by atoms with van der Waals surface area (Å²) in [4.78, 5) is 26.0. The summed E-state index contributed by atoms with van der Waals surface area (Å²) in [6.45, 7) is 2.46. The van der Waals surface area contributed by atoms with Gasteiger partial charge in [0.05, 0.1) is 12.7 Å². The molecule has 1 unspecified atom stereocenters. The minimum Gasteiger partial charge on any atom is -0.463 e. The second kappa shape index (κ2) is 5.17. The number of ketones is 1. The van der Waals surface area contributed by atoms with Gasteiger partial charge < -0.3 is 14.1 Å². The first-order valence-electron chi connectivity index (χ1n) is 6.35. The second-order valence-electron chi connectivity index (χ2n) is 5.21. The van der Waals surface area contributed by atoms with Crippen LogP contribution in [-0.4, -0.2) is 44.4 Å². The Morgan fingerprint density at radius 2 is 2.16 bits per heavy atom. The smallest absolute Gasteiger partial charge is 0.374 e. The van der Waals surface area contributed by atoms with Gasteiger partial charge in [0.1, 0.15) is 5.76 Å². The van der Waals surface area contributed by atoms with Crippen LogP contribution in [0.3, 0.4) is 0 Å². The van der Waals surface area contributed by atoms with Crippen molar-refractivity contribution in [3.8, 4) is 0 Å². The van der Waals surface area contributed by atoms with Crippen LogP contribution in [0.25, 0.3) is 0 Å². The molecule has 0 spiro atoms. The summed E-state index contributed by atoms with van der Waals surface area (Å²) in [7, 11) is 5.20. The molecule has 1 heterocycles. The lowest BCUT2D eigenvalue weighted by Gasteiger charge is -2.23. The Hall–Kier alpha value is -1.62. The van der Waals surface area contributed by atoms with Gasteiger partial charge in [-0.05, 0) is 27.4 Å². The van der Waals surface area contributed by atoms with Crippen LogP contribution in [0.15, 0.2) is 4.42 Å². The highest BCUT2D eigenvalue weighted by Gasteiger charge is 2.34. The highest BCUT2D eigenvalue weighted by atomic mass is 16.5. The summed E-state index contributed by atoms with van der Waals surface area (Å²) in [6, 6.07) is 0. The van der Waals surface area contributed by atoms with Gasteiger partial charge in [-0.1, -0.05) is 0 Å². The number of fused-ring (bicyclic) bond motifs is 1. The number of rotatable bonds is 3. The molecule has 104 valence electrons. The average molecular weight is 265 g/mol. The minimum absolute atomic E-state index is 0.0238. The van der Waals surface area contributed by atoms with Crippen molar-refractivity contribution in [3.05, 3.63) is 22.6 Å². The molecule has 1 aliphatic carbocycles. The molecular weight excluding hydrogens is 246 g/mol. The Labute approximate surface area is 112 Å². The fourth-order valence-corrected chi connectivity index (χ4v) is 2.61. The number of aryl methyl sites for hydroxylation is 1. The summed E-state index contributed by atoms with van der Waals surface area (Å²) >= 11 is 0. The van der Waals surface area contributed by atoms with Crippen LogP contribution in [0.2, 0.25) is 0 Å². The van der Waals surface area contributed by atoms with Crippen LogP contribution in [0, 0.1) is 12.8 Å². The first-order valence-corrected chi connectivity index (χ1v) is 6.35. The van der Waals surface area contributed by atoms with Crippen molar-refractivity contribution in [2.24, 2.45) is 5.92 Å². The molecule has 0 radical (unpaired) electrons. The number of hydrogen-bond donors (Lipinski definition) is 0. The molecule has 1 atom stereocenters. The Bertz CT molecular complexity index is 516. The molecule has 0 aliphatic heterocycles. The van der Waals surface area contributed by atoms with Gasteiger partial charge in [0, 0.05) is 24.4 Å². The van der Waals surface area contributed by atoms with E-state index in [0.717, 1.165) is 13.0 Å². The predicted octanol–water partition coefficient (Wildman–Crippen LogP) is 1.68. The van der Waals surface area contributed by atoms with E-state index >= 15 is 0 Å². The van der Waals surface area contributed by atoms with Gasteiger partial charge in [0.25, 0.3) is 0 Å². The summed E-state index contributed by atoms with van der Waals surface area (Å²) < 4.78 is 10.2. The zero-order valence-electron chi connectivity index (χ0n) is 11.8. The lowest BCUT2D eigenvalue weighted by molar-refractivity contribution is 0.0561. The third kappa shape index (κ3) is 2.42. The topological polar surface area (TPSA) is 59.8 Å². The number of carbonyl (C=O) groups is 2. The molecule has 0 aromatic carbocycles. The number of carbonyl (C=O) groups excluding carboxylic acids is 2. The molecule has 2 rings (SSSR count). The lowest BCUT2D eigenvalue weighted by Crippen LogP contribution is -2.31. The third-order valence-corrected chi connectivity index (χ3v) is 3.51. The normalized spacial score (nSPS) is 18.6. The van der Waals surface area contributed by atoms with E-state index < -0.39 is 5.97 Å². The number of furan rings is 1. The molecule has 1 aliphatic rings. The van der Waals surface area contributed by atoms with Crippen molar-refractivity contribution in [2.45, 2.75) is 19.8 Å². The summed E-state index contributed by atoms with van der Waals surface area (Å²) in [5.74, 6) is 0.309. The third-order valence-electron chi connectivity index (χ3n) is 3.51. The first kappa shape index (κ1) is 13.8. The van der Waals surface area contributed by atoms with E-state index in [0.29, 0.717) is 23.3 Å². The van der Waals surface area contributed by atoms with Crippen LogP contribution < -0.4 is 0 Å². The highest BCUT2D eigenvalue weighted by Crippen LogP contribution is 2.32. The summed E-state index contributed by atoms with van der Waals surface area (Å²) in [5.41, 5.74) is 1.19. The lowest BCUT2D eigenvalue weighted by atomic mass is 9.84. The van der Waals surface area contributed by atoms with Crippen molar-refractivity contribution in [3.63, 3.8) is 0 Å². The number of hydrogen-bond acceptors (Lipinski definition) is 5. The molecule has 5 nitrogen and oxygen atoms in total. The zero-order chi connectivity index (χ0) is 14.2. The monoisotopic (exact) mass is 265 g/mol. The summed E-state index contributed by atoms with van der Waals surface area (Å²) in [5, 5.41) is 0. The van der Waals surface area contributed by atoms with Gasteiger partial charge in [0.15, 0.2) is 5.78 Å². The fourth-order valence-electron chi connectivity index (χ4n) is 2.61. The first-order chi connectivity index (χ1) is 8.95. The Morgan fingerprint density at radius 3 is 2.74 bits per heavy atom. The van der Waals surface area contributed by atoms with Crippen LogP contribution in [0.5, 0.6) is 0 Å². The van der Waals surface area contributed by atoms with Crippen molar-refractivity contribution in [1.29, 1.82) is 0 Å². The molecule has 1 aromatic rings. The van der Waals surface area contributed by atoms with E-state index in [9.17, 15) is 9.59 Å². The van der Waals surface area contributed by atoms with Crippen molar-refractivity contribution < 1.29 is 18.7 Å². The van der Waals surface area contributed by atoms with Gasteiger partial charge in [-0.2, -0.15) is 0 Å². The average Bonchev–Trinajstić information content (AvgIpc) is 2.69. The molecule has 19 heavy (non-hydrogen) atoms. The molecule has 0 saturated heterocycles. The van der Waals surface area contributed by atoms with Crippen LogP contribution in [0.1, 0.15) is 38.7 Å². The maximum atomic E-state index is 12.5. The van der Waals surface area contributed by atoms with Gasteiger partial charge in [0.2, 0.25) is 5.76 Å². The number of esters is 1. The van der Waals surface area contributed by atoms with Crippen molar-refractivity contribution in [1.82, 2.24) is 4.90 Å². The van der Waals surface area contributed by atoms with Crippen LogP contribution in [0.4, 0.5) is 0 Å². The standard InChI is InChI=1S/C14H19NO4/c1-8-11-10(19-13(8)14(17)18-4)6-5-9(12(11)16)7-15(2)3/h9H,5-7H2,1-4H3. The second-order valence-corrected chi connectivity index (χ2v) is 5.21. The van der Waals surface area contributed by atoms with E-state index in [2.05, 4.69) is 4.74 Å². The molecule has 0 bridgehead atoms. The quantitative estimate of drug-likeness (QED) is 0.778. The van der Waals surface area contributed by atoms with E-state index in [4.69, 9.17) is 4.42 Å². The van der Waals surface area contributed by atoms with Crippen LogP contribution in [-0.2, 0) is 11.2 Å². The van der Waals surface area contributed by atoms with Gasteiger partial charge in [-0.3, -0.25) is 4.79 Å². The Kier molecular flexibility index (Phi) is 3.75. The highest BCUT2D eigenvalue weighted by molar-refractivity contribution is 6.03. The molecule has 0 N–H and O–H groups in total. The molecule has 5 heteroatoms. The SMILES string of the molecule is COC(=O)c1oc2c(c1C)C(=O)C(CN(C)C)CC2. The maximum absolute atomic E-state index is 12.5.